The molecule has 0 aliphatic carbocycles. The summed E-state index contributed by atoms with van der Waals surface area (Å²) in [6.45, 7) is 2.81. The quantitative estimate of drug-likeness (QED) is 0.932. The van der Waals surface area contributed by atoms with Crippen molar-refractivity contribution in [3.63, 3.8) is 0 Å². The van der Waals surface area contributed by atoms with Gasteiger partial charge < -0.3 is 10.1 Å². The van der Waals surface area contributed by atoms with E-state index in [1.165, 1.54) is 11.3 Å². The molecular formula is C11H14BrNO2S. The summed E-state index contributed by atoms with van der Waals surface area (Å²) >= 11 is 4.78. The molecule has 2 rings (SSSR count). The third-order valence-corrected chi connectivity index (χ3v) is 4.36. The molecule has 0 radical (unpaired) electrons. The second-order valence-corrected chi connectivity index (χ2v) is 5.77. The first kappa shape index (κ1) is 12.1. The maximum Gasteiger partial charge on any atom is 0.261 e. The van der Waals surface area contributed by atoms with E-state index in [0.717, 1.165) is 28.8 Å². The monoisotopic (exact) mass is 303 g/mol. The van der Waals surface area contributed by atoms with Gasteiger partial charge in [0.05, 0.1) is 17.0 Å². The zero-order valence-electron chi connectivity index (χ0n) is 9.03. The van der Waals surface area contributed by atoms with Crippen molar-refractivity contribution in [2.75, 3.05) is 6.61 Å². The van der Waals surface area contributed by atoms with E-state index in [-0.39, 0.29) is 18.1 Å². The van der Waals surface area contributed by atoms with Crippen LogP contribution in [0.25, 0.3) is 0 Å². The number of hydrogen-bond donors (Lipinski definition) is 1. The predicted octanol–water partition coefficient (Wildman–Crippen LogP) is 2.81. The van der Waals surface area contributed by atoms with Crippen LogP contribution < -0.4 is 5.32 Å². The minimum Gasteiger partial charge on any atom is -0.376 e. The van der Waals surface area contributed by atoms with Gasteiger partial charge in [0, 0.05) is 16.5 Å². The molecule has 1 fully saturated rings. The van der Waals surface area contributed by atoms with Crippen LogP contribution in [0.2, 0.25) is 0 Å². The van der Waals surface area contributed by atoms with E-state index >= 15 is 0 Å². The summed E-state index contributed by atoms with van der Waals surface area (Å²) in [7, 11) is 0. The molecule has 1 saturated heterocycles. The second kappa shape index (κ2) is 5.29. The molecule has 1 amide bonds. The summed E-state index contributed by atoms with van der Waals surface area (Å²) < 4.78 is 6.49. The standard InChI is InChI=1S/C11H14BrNO2S/c1-7(9-3-2-4-15-9)13-11(14)10-5-8(12)6-16-10/h5-7,9H,2-4H2,1H3,(H,13,14)/t7-,9-/m0/s1. The van der Waals surface area contributed by atoms with Crippen LogP contribution in [0.15, 0.2) is 15.9 Å². The Labute approximate surface area is 107 Å². The summed E-state index contributed by atoms with van der Waals surface area (Å²) in [6.07, 6.45) is 2.30. The first-order valence-electron chi connectivity index (χ1n) is 5.33. The fraction of sp³-hybridized carbons (Fsp3) is 0.545. The molecule has 1 aromatic heterocycles. The summed E-state index contributed by atoms with van der Waals surface area (Å²) in [4.78, 5) is 12.6. The first-order valence-corrected chi connectivity index (χ1v) is 7.00. The van der Waals surface area contributed by atoms with E-state index in [1.54, 1.807) is 0 Å². The van der Waals surface area contributed by atoms with Crippen molar-refractivity contribution in [1.82, 2.24) is 5.32 Å². The van der Waals surface area contributed by atoms with Crippen molar-refractivity contribution in [3.8, 4) is 0 Å². The SMILES string of the molecule is C[C@H](NC(=O)c1cc(Br)cs1)[C@@H]1CCCO1. The van der Waals surface area contributed by atoms with Gasteiger partial charge in [-0.15, -0.1) is 11.3 Å². The van der Waals surface area contributed by atoms with Gasteiger partial charge >= 0.3 is 0 Å². The van der Waals surface area contributed by atoms with Crippen LogP contribution in [0.4, 0.5) is 0 Å². The Bertz CT molecular complexity index is 374. The Hall–Kier alpha value is -0.390. The number of thiophene rings is 1. The molecule has 2 atom stereocenters. The second-order valence-electron chi connectivity index (χ2n) is 3.94. The Balaban J connectivity index is 1.91. The van der Waals surface area contributed by atoms with Gasteiger partial charge in [-0.3, -0.25) is 4.79 Å². The van der Waals surface area contributed by atoms with E-state index in [2.05, 4.69) is 21.2 Å². The average molecular weight is 304 g/mol. The normalized spacial score (nSPS) is 22.0. The number of carbonyl (C=O) groups is 1. The molecule has 2 heterocycles. The lowest BCUT2D eigenvalue weighted by molar-refractivity contribution is 0.0714. The molecule has 0 spiro atoms. The van der Waals surface area contributed by atoms with Crippen molar-refractivity contribution < 1.29 is 9.53 Å². The molecule has 5 heteroatoms. The molecule has 16 heavy (non-hydrogen) atoms. The fourth-order valence-corrected chi connectivity index (χ4v) is 3.13. The predicted molar refractivity (Wildman–Crippen MR) is 67.9 cm³/mol. The Morgan fingerprint density at radius 3 is 3.12 bits per heavy atom. The largest absolute Gasteiger partial charge is 0.376 e. The van der Waals surface area contributed by atoms with Gasteiger partial charge in [-0.25, -0.2) is 0 Å². The van der Waals surface area contributed by atoms with Gasteiger partial charge in [0.15, 0.2) is 0 Å². The molecule has 0 bridgehead atoms. The summed E-state index contributed by atoms with van der Waals surface area (Å²) in [5.74, 6) is -0.0151. The van der Waals surface area contributed by atoms with Crippen LogP contribution in [0, 0.1) is 0 Å². The number of carbonyl (C=O) groups excluding carboxylic acids is 1. The lowest BCUT2D eigenvalue weighted by Gasteiger charge is -2.19. The van der Waals surface area contributed by atoms with Crippen LogP contribution >= 0.6 is 27.3 Å². The molecule has 1 aliphatic heterocycles. The molecule has 1 aliphatic rings. The molecule has 88 valence electrons. The van der Waals surface area contributed by atoms with Crippen LogP contribution in [0.5, 0.6) is 0 Å². The Kier molecular flexibility index (Phi) is 4.00. The van der Waals surface area contributed by atoms with Gasteiger partial charge in [0.2, 0.25) is 0 Å². The minimum atomic E-state index is -0.0151. The minimum absolute atomic E-state index is 0.0151. The van der Waals surface area contributed by atoms with Crippen LogP contribution in [0.3, 0.4) is 0 Å². The molecule has 0 unspecified atom stereocenters. The maximum atomic E-state index is 11.8. The van der Waals surface area contributed by atoms with E-state index < -0.39 is 0 Å². The maximum absolute atomic E-state index is 11.8. The van der Waals surface area contributed by atoms with Gasteiger partial charge in [-0.2, -0.15) is 0 Å². The van der Waals surface area contributed by atoms with Crippen molar-refractivity contribution in [3.05, 3.63) is 20.8 Å². The van der Waals surface area contributed by atoms with E-state index in [4.69, 9.17) is 4.74 Å². The molecule has 1 aromatic rings. The van der Waals surface area contributed by atoms with Gasteiger partial charge in [0.1, 0.15) is 0 Å². The van der Waals surface area contributed by atoms with Crippen LogP contribution in [0.1, 0.15) is 29.4 Å². The third kappa shape index (κ3) is 2.84. The number of amides is 1. The Morgan fingerprint density at radius 1 is 1.75 bits per heavy atom. The molecule has 1 N–H and O–H groups in total. The van der Waals surface area contributed by atoms with Gasteiger partial charge in [0.25, 0.3) is 5.91 Å². The smallest absolute Gasteiger partial charge is 0.261 e. The summed E-state index contributed by atoms with van der Waals surface area (Å²) in [5.41, 5.74) is 0. The number of rotatable bonds is 3. The fourth-order valence-electron chi connectivity index (χ4n) is 1.80. The lowest BCUT2D eigenvalue weighted by atomic mass is 10.1. The first-order chi connectivity index (χ1) is 7.66. The van der Waals surface area contributed by atoms with E-state index in [9.17, 15) is 4.79 Å². The molecule has 3 nitrogen and oxygen atoms in total. The van der Waals surface area contributed by atoms with Gasteiger partial charge in [-0.1, -0.05) is 0 Å². The van der Waals surface area contributed by atoms with Crippen molar-refractivity contribution in [2.45, 2.75) is 31.9 Å². The number of hydrogen-bond acceptors (Lipinski definition) is 3. The van der Waals surface area contributed by atoms with Crippen LogP contribution in [-0.4, -0.2) is 24.7 Å². The highest BCUT2D eigenvalue weighted by atomic mass is 79.9. The highest BCUT2D eigenvalue weighted by Gasteiger charge is 2.24. The third-order valence-electron chi connectivity index (χ3n) is 2.67. The average Bonchev–Trinajstić information content (AvgIpc) is 2.87. The Morgan fingerprint density at radius 2 is 2.56 bits per heavy atom. The van der Waals surface area contributed by atoms with Crippen molar-refractivity contribution in [2.24, 2.45) is 0 Å². The topological polar surface area (TPSA) is 38.3 Å². The van der Waals surface area contributed by atoms with Crippen LogP contribution in [-0.2, 0) is 4.74 Å². The molecule has 0 saturated carbocycles. The number of nitrogens with one attached hydrogen (secondary N) is 1. The number of halogens is 1. The zero-order valence-corrected chi connectivity index (χ0v) is 11.4. The van der Waals surface area contributed by atoms with Crippen molar-refractivity contribution in [1.29, 1.82) is 0 Å². The van der Waals surface area contributed by atoms with Gasteiger partial charge in [-0.05, 0) is 41.8 Å². The van der Waals surface area contributed by atoms with E-state index in [1.807, 2.05) is 18.4 Å². The van der Waals surface area contributed by atoms with Crippen molar-refractivity contribution >= 4 is 33.2 Å². The molecular weight excluding hydrogens is 290 g/mol. The zero-order chi connectivity index (χ0) is 11.5. The highest BCUT2D eigenvalue weighted by molar-refractivity contribution is 9.10. The summed E-state index contributed by atoms with van der Waals surface area (Å²) in [5, 5.41) is 4.89. The van der Waals surface area contributed by atoms with E-state index in [0.29, 0.717) is 0 Å². The molecule has 0 aromatic carbocycles. The summed E-state index contributed by atoms with van der Waals surface area (Å²) in [6, 6.07) is 1.92. The number of ether oxygens (including phenoxy) is 1. The lowest BCUT2D eigenvalue weighted by Crippen LogP contribution is -2.40. The highest BCUT2D eigenvalue weighted by Crippen LogP contribution is 2.20.